The van der Waals surface area contributed by atoms with E-state index in [1.807, 2.05) is 4.98 Å². The van der Waals surface area contributed by atoms with Gasteiger partial charge < -0.3 is 4.98 Å². The Kier molecular flexibility index (Phi) is 5.75. The number of anilines is 3. The molecule has 0 saturated carbocycles. The highest BCUT2D eigenvalue weighted by atomic mass is 35.5. The second kappa shape index (κ2) is 8.12. The topological polar surface area (TPSA) is 170 Å². The molecule has 0 aliphatic heterocycles. The molecule has 0 unspecified atom stereocenters. The molecule has 0 spiro atoms. The van der Waals surface area contributed by atoms with E-state index in [-0.39, 0.29) is 21.2 Å². The number of benzene rings is 2. The van der Waals surface area contributed by atoms with Gasteiger partial charge in [0.2, 0.25) is 0 Å². The van der Waals surface area contributed by atoms with E-state index in [9.17, 15) is 27.4 Å². The molecule has 13 heteroatoms. The molecule has 1 aromatic heterocycles. The third-order valence-corrected chi connectivity index (χ3v) is 5.00. The van der Waals surface area contributed by atoms with Crippen LogP contribution >= 0.6 is 11.6 Å². The standard InChI is InChI=1S/C17H14ClN5O6S/c18-10-4-3-5-11(8-10)22(19)16(25)12-6-1-2-7-13(12)23(30(27,28)29)14-9-20-17(26)21-15(14)24/h1-9H,19H2,(H,27,28,29)(H2,20,21,24,26). The van der Waals surface area contributed by atoms with Crippen LogP contribution in [0.15, 0.2) is 64.3 Å². The summed E-state index contributed by atoms with van der Waals surface area (Å²) in [4.78, 5) is 40.4. The SMILES string of the molecule is NN(C(=O)c1ccccc1N(c1c[nH]c(=O)[nH]c1=O)S(=O)(=O)O)c1cccc(Cl)c1. The van der Waals surface area contributed by atoms with Gasteiger partial charge in [0, 0.05) is 11.2 Å². The molecule has 5 N–H and O–H groups in total. The van der Waals surface area contributed by atoms with Crippen LogP contribution in [-0.4, -0.2) is 28.8 Å². The molecule has 3 aromatic rings. The number of aromatic nitrogens is 2. The summed E-state index contributed by atoms with van der Waals surface area (Å²) in [5.41, 5.74) is -3.08. The zero-order chi connectivity index (χ0) is 22.1. The van der Waals surface area contributed by atoms with Crippen LogP contribution in [0.1, 0.15) is 10.4 Å². The van der Waals surface area contributed by atoms with Gasteiger partial charge in [-0.15, -0.1) is 0 Å². The van der Waals surface area contributed by atoms with Crippen molar-refractivity contribution in [2.75, 3.05) is 9.31 Å². The number of carbonyl (C=O) groups excluding carboxylic acids is 1. The highest BCUT2D eigenvalue weighted by Crippen LogP contribution is 2.30. The molecule has 2 aromatic carbocycles. The zero-order valence-corrected chi connectivity index (χ0v) is 16.5. The third-order valence-electron chi connectivity index (χ3n) is 3.91. The molecule has 3 rings (SSSR count). The molecule has 0 radical (unpaired) electrons. The van der Waals surface area contributed by atoms with E-state index in [2.05, 4.69) is 4.98 Å². The van der Waals surface area contributed by atoms with Crippen LogP contribution in [0.2, 0.25) is 5.02 Å². The Morgan fingerprint density at radius 1 is 1.07 bits per heavy atom. The van der Waals surface area contributed by atoms with Crippen molar-refractivity contribution in [2.45, 2.75) is 0 Å². The lowest BCUT2D eigenvalue weighted by Crippen LogP contribution is -2.39. The number of hydrogen-bond donors (Lipinski definition) is 4. The van der Waals surface area contributed by atoms with Crippen LogP contribution in [0.4, 0.5) is 17.1 Å². The van der Waals surface area contributed by atoms with Crippen molar-refractivity contribution in [3.63, 3.8) is 0 Å². The number of hydrazine groups is 1. The number of halogens is 1. The van der Waals surface area contributed by atoms with Crippen molar-refractivity contribution in [1.82, 2.24) is 9.97 Å². The van der Waals surface area contributed by atoms with Crippen LogP contribution in [0.25, 0.3) is 0 Å². The van der Waals surface area contributed by atoms with E-state index >= 15 is 0 Å². The number of nitrogens with two attached hydrogens (primary N) is 1. The molecular formula is C17H14ClN5O6S. The van der Waals surface area contributed by atoms with Gasteiger partial charge in [0.15, 0.2) is 0 Å². The molecule has 156 valence electrons. The minimum absolute atomic E-state index is 0.209. The van der Waals surface area contributed by atoms with Gasteiger partial charge >= 0.3 is 16.0 Å². The van der Waals surface area contributed by atoms with E-state index in [1.54, 1.807) is 12.1 Å². The van der Waals surface area contributed by atoms with Crippen LogP contribution < -0.4 is 26.4 Å². The largest absolute Gasteiger partial charge is 0.364 e. The maximum atomic E-state index is 13.0. The summed E-state index contributed by atoms with van der Waals surface area (Å²) in [6.45, 7) is 0. The molecule has 1 heterocycles. The molecule has 0 fully saturated rings. The van der Waals surface area contributed by atoms with E-state index in [0.29, 0.717) is 5.02 Å². The number of aromatic amines is 2. The Balaban J connectivity index is 2.17. The predicted octanol–water partition coefficient (Wildman–Crippen LogP) is 1.18. The summed E-state index contributed by atoms with van der Waals surface area (Å²) in [5.74, 6) is 5.03. The second-order valence-corrected chi connectivity index (χ2v) is 7.57. The van der Waals surface area contributed by atoms with Gasteiger partial charge in [0.05, 0.1) is 16.9 Å². The van der Waals surface area contributed by atoms with Gasteiger partial charge in [-0.1, -0.05) is 29.8 Å². The van der Waals surface area contributed by atoms with E-state index < -0.39 is 33.1 Å². The fourth-order valence-electron chi connectivity index (χ4n) is 2.64. The average Bonchev–Trinajstić information content (AvgIpc) is 2.68. The first-order valence-electron chi connectivity index (χ1n) is 8.13. The van der Waals surface area contributed by atoms with E-state index in [4.69, 9.17) is 17.4 Å². The van der Waals surface area contributed by atoms with Crippen LogP contribution in [0.3, 0.4) is 0 Å². The number of amides is 1. The highest BCUT2D eigenvalue weighted by Gasteiger charge is 2.30. The molecule has 30 heavy (non-hydrogen) atoms. The molecule has 0 atom stereocenters. The van der Waals surface area contributed by atoms with Crippen molar-refractivity contribution in [2.24, 2.45) is 5.84 Å². The maximum Gasteiger partial charge on any atom is 0.364 e. The monoisotopic (exact) mass is 451 g/mol. The summed E-state index contributed by atoms with van der Waals surface area (Å²) in [6.07, 6.45) is 0.785. The Hall–Kier alpha value is -3.45. The Labute approximate surface area is 174 Å². The maximum absolute atomic E-state index is 13.0. The molecule has 0 bridgehead atoms. The van der Waals surface area contributed by atoms with E-state index in [0.717, 1.165) is 11.2 Å². The van der Waals surface area contributed by atoms with E-state index in [1.165, 1.54) is 36.4 Å². The first-order valence-corrected chi connectivity index (χ1v) is 9.90. The van der Waals surface area contributed by atoms with Crippen LogP contribution in [0.5, 0.6) is 0 Å². The fourth-order valence-corrected chi connectivity index (χ4v) is 3.61. The number of para-hydroxylation sites is 1. The number of carbonyl (C=O) groups is 1. The van der Waals surface area contributed by atoms with Crippen molar-refractivity contribution in [3.8, 4) is 0 Å². The summed E-state index contributed by atoms with van der Waals surface area (Å²) < 4.78 is 34.1. The third kappa shape index (κ3) is 4.26. The average molecular weight is 452 g/mol. The second-order valence-electron chi connectivity index (χ2n) is 5.87. The Bertz CT molecular complexity index is 1340. The van der Waals surface area contributed by atoms with Crippen molar-refractivity contribution in [3.05, 3.63) is 86.2 Å². The first kappa shape index (κ1) is 21.3. The number of H-pyrrole nitrogens is 2. The predicted molar refractivity (Wildman–Crippen MR) is 110 cm³/mol. The van der Waals surface area contributed by atoms with Crippen molar-refractivity contribution < 1.29 is 17.8 Å². The molecule has 11 nitrogen and oxygen atoms in total. The highest BCUT2D eigenvalue weighted by molar-refractivity contribution is 7.87. The molecule has 0 aliphatic carbocycles. The summed E-state index contributed by atoms with van der Waals surface area (Å²) >= 11 is 5.91. The van der Waals surface area contributed by atoms with Gasteiger partial charge in [-0.05, 0) is 30.3 Å². The van der Waals surface area contributed by atoms with Gasteiger partial charge in [0.1, 0.15) is 5.69 Å². The van der Waals surface area contributed by atoms with Crippen LogP contribution in [0, 0.1) is 0 Å². The lowest BCUT2D eigenvalue weighted by atomic mass is 10.1. The number of rotatable bonds is 5. The minimum Gasteiger partial charge on any atom is -0.312 e. The lowest BCUT2D eigenvalue weighted by molar-refractivity contribution is 0.0987. The molecule has 0 aliphatic rings. The quantitative estimate of drug-likeness (QED) is 0.195. The number of hydrogen-bond acceptors (Lipinski definition) is 6. The number of nitrogens with zero attached hydrogens (tertiary/aromatic N) is 2. The fraction of sp³-hybridized carbons (Fsp3) is 0. The summed E-state index contributed by atoms with van der Waals surface area (Å²) in [5, 5.41) is 1.03. The van der Waals surface area contributed by atoms with Gasteiger partial charge in [-0.25, -0.2) is 20.0 Å². The van der Waals surface area contributed by atoms with Gasteiger partial charge in [0.25, 0.3) is 11.5 Å². The van der Waals surface area contributed by atoms with Gasteiger partial charge in [-0.2, -0.15) is 8.42 Å². The van der Waals surface area contributed by atoms with Crippen molar-refractivity contribution >= 4 is 44.9 Å². The zero-order valence-electron chi connectivity index (χ0n) is 14.9. The normalized spacial score (nSPS) is 11.2. The minimum atomic E-state index is -5.10. The first-order chi connectivity index (χ1) is 14.1. The number of nitrogens with one attached hydrogen (secondary N) is 2. The molecule has 0 saturated heterocycles. The molecule has 1 amide bonds. The van der Waals surface area contributed by atoms with Gasteiger partial charge in [-0.3, -0.25) is 19.1 Å². The Morgan fingerprint density at radius 3 is 2.40 bits per heavy atom. The molecular weight excluding hydrogens is 438 g/mol. The van der Waals surface area contributed by atoms with Crippen LogP contribution in [-0.2, 0) is 10.3 Å². The lowest BCUT2D eigenvalue weighted by Gasteiger charge is -2.24. The Morgan fingerprint density at radius 2 is 1.77 bits per heavy atom. The summed E-state index contributed by atoms with van der Waals surface area (Å²) in [6, 6.07) is 11.3. The smallest absolute Gasteiger partial charge is 0.312 e. The van der Waals surface area contributed by atoms with Crippen molar-refractivity contribution in [1.29, 1.82) is 0 Å². The summed E-state index contributed by atoms with van der Waals surface area (Å²) in [7, 11) is -5.10.